The van der Waals surface area contributed by atoms with Gasteiger partial charge >= 0.3 is 12.4 Å². The Morgan fingerprint density at radius 2 is 1.74 bits per heavy atom. The first kappa shape index (κ1) is 15.6. The third kappa shape index (κ3) is 4.98. The van der Waals surface area contributed by atoms with Crippen molar-refractivity contribution < 1.29 is 31.1 Å². The normalized spacial score (nSPS) is 12.6. The summed E-state index contributed by atoms with van der Waals surface area (Å²) in [5, 5.41) is 2.65. The van der Waals surface area contributed by atoms with Crippen molar-refractivity contribution >= 4 is 0 Å². The predicted octanol–water partition coefficient (Wildman–Crippen LogP) is 3.37. The number of alkyl halides is 6. The van der Waals surface area contributed by atoms with Gasteiger partial charge < -0.3 is 10.1 Å². The molecular formula is C11H11F6NO. The van der Waals surface area contributed by atoms with E-state index in [2.05, 4.69) is 10.1 Å². The van der Waals surface area contributed by atoms with E-state index in [0.29, 0.717) is 5.56 Å². The minimum atomic E-state index is -4.77. The van der Waals surface area contributed by atoms with Crippen LogP contribution in [0, 0.1) is 0 Å². The zero-order valence-electron chi connectivity index (χ0n) is 9.82. The van der Waals surface area contributed by atoms with Crippen LogP contribution in [0.5, 0.6) is 5.75 Å². The van der Waals surface area contributed by atoms with Gasteiger partial charge in [0.2, 0.25) is 0 Å². The predicted molar refractivity (Wildman–Crippen MR) is 55.8 cm³/mol. The Balaban J connectivity index is 3.03. The monoisotopic (exact) mass is 287 g/mol. The molecule has 0 aliphatic carbocycles. The molecule has 1 aromatic carbocycles. The van der Waals surface area contributed by atoms with E-state index in [1.807, 2.05) is 0 Å². The van der Waals surface area contributed by atoms with E-state index in [1.54, 1.807) is 7.05 Å². The summed E-state index contributed by atoms with van der Waals surface area (Å²) in [6.45, 7) is -1.59. The molecule has 0 bridgehead atoms. The molecule has 0 saturated heterocycles. The van der Waals surface area contributed by atoms with Crippen LogP contribution >= 0.6 is 0 Å². The zero-order chi connectivity index (χ0) is 14.7. The molecule has 2 nitrogen and oxygen atoms in total. The molecule has 0 aliphatic heterocycles. The summed E-state index contributed by atoms with van der Waals surface area (Å²) in [5.41, 5.74) is -0.918. The van der Waals surface area contributed by atoms with E-state index >= 15 is 0 Å². The average molecular weight is 287 g/mol. The van der Waals surface area contributed by atoms with Crippen molar-refractivity contribution in [3.8, 4) is 5.75 Å². The van der Waals surface area contributed by atoms with Gasteiger partial charge in [0.25, 0.3) is 0 Å². The molecule has 0 unspecified atom stereocenters. The maximum atomic E-state index is 12.7. The third-order valence-corrected chi connectivity index (χ3v) is 2.12. The lowest BCUT2D eigenvalue weighted by molar-refractivity contribution is -0.158. The molecule has 0 radical (unpaired) electrons. The quantitative estimate of drug-likeness (QED) is 0.857. The summed E-state index contributed by atoms with van der Waals surface area (Å²) >= 11 is 0. The van der Waals surface area contributed by atoms with Crippen LogP contribution in [0.15, 0.2) is 18.2 Å². The molecule has 0 atom stereocenters. The highest BCUT2D eigenvalue weighted by Crippen LogP contribution is 2.37. The molecule has 0 aromatic heterocycles. The first-order valence-electron chi connectivity index (χ1n) is 5.18. The van der Waals surface area contributed by atoms with Crippen LogP contribution in [0.25, 0.3) is 0 Å². The molecule has 0 aliphatic rings. The number of hydrogen-bond donors (Lipinski definition) is 1. The Bertz CT molecular complexity index is 426. The zero-order valence-corrected chi connectivity index (χ0v) is 9.82. The van der Waals surface area contributed by atoms with Gasteiger partial charge in [-0.05, 0) is 24.7 Å². The molecule has 0 saturated carbocycles. The summed E-state index contributed by atoms with van der Waals surface area (Å²) in [5.74, 6) is -0.829. The number of rotatable bonds is 4. The number of ether oxygens (including phenoxy) is 1. The van der Waals surface area contributed by atoms with Crippen molar-refractivity contribution in [1.29, 1.82) is 0 Å². The van der Waals surface area contributed by atoms with Gasteiger partial charge in [0.05, 0.1) is 5.56 Å². The Hall–Kier alpha value is -1.44. The van der Waals surface area contributed by atoms with Gasteiger partial charge in [-0.25, -0.2) is 0 Å². The van der Waals surface area contributed by atoms with Gasteiger partial charge in [-0.15, -0.1) is 0 Å². The van der Waals surface area contributed by atoms with Crippen molar-refractivity contribution in [1.82, 2.24) is 5.32 Å². The second kappa shape index (κ2) is 5.68. The Labute approximate surface area is 105 Å². The van der Waals surface area contributed by atoms with Crippen LogP contribution in [0.3, 0.4) is 0 Å². The Morgan fingerprint density at radius 1 is 1.11 bits per heavy atom. The largest absolute Gasteiger partial charge is 0.483 e. The van der Waals surface area contributed by atoms with Crippen LogP contribution < -0.4 is 10.1 Å². The molecule has 19 heavy (non-hydrogen) atoms. The first-order valence-corrected chi connectivity index (χ1v) is 5.18. The molecule has 108 valence electrons. The van der Waals surface area contributed by atoms with E-state index < -0.39 is 30.3 Å². The van der Waals surface area contributed by atoms with E-state index in [0.717, 1.165) is 12.1 Å². The molecule has 0 heterocycles. The van der Waals surface area contributed by atoms with Crippen molar-refractivity contribution in [2.24, 2.45) is 0 Å². The topological polar surface area (TPSA) is 21.3 Å². The van der Waals surface area contributed by atoms with Crippen molar-refractivity contribution in [3.05, 3.63) is 29.3 Å². The Morgan fingerprint density at radius 3 is 2.21 bits per heavy atom. The van der Waals surface area contributed by atoms with E-state index in [-0.39, 0.29) is 6.54 Å². The standard InChI is InChI=1S/C11H11F6NO/c1-18-5-7-2-3-9(19-6-10(12,13)14)8(4-7)11(15,16)17/h2-4,18H,5-6H2,1H3. The summed E-state index contributed by atoms with van der Waals surface area (Å²) in [4.78, 5) is 0. The third-order valence-electron chi connectivity index (χ3n) is 2.12. The van der Waals surface area contributed by atoms with Gasteiger partial charge in [0.1, 0.15) is 5.75 Å². The molecule has 0 spiro atoms. The van der Waals surface area contributed by atoms with Gasteiger partial charge in [-0.2, -0.15) is 26.3 Å². The van der Waals surface area contributed by atoms with Crippen LogP contribution in [0.1, 0.15) is 11.1 Å². The van der Waals surface area contributed by atoms with Crippen LogP contribution in [-0.2, 0) is 12.7 Å². The highest BCUT2D eigenvalue weighted by Gasteiger charge is 2.36. The molecule has 0 amide bonds. The highest BCUT2D eigenvalue weighted by atomic mass is 19.4. The van der Waals surface area contributed by atoms with Crippen molar-refractivity contribution in [3.63, 3.8) is 0 Å². The van der Waals surface area contributed by atoms with E-state index in [1.165, 1.54) is 6.07 Å². The number of halogens is 6. The summed E-state index contributed by atoms with van der Waals surface area (Å²) < 4.78 is 78.2. The second-order valence-corrected chi connectivity index (χ2v) is 3.76. The van der Waals surface area contributed by atoms with Crippen LogP contribution in [0.4, 0.5) is 26.3 Å². The van der Waals surface area contributed by atoms with Crippen LogP contribution in [0.2, 0.25) is 0 Å². The lowest BCUT2D eigenvalue weighted by Gasteiger charge is -2.16. The molecule has 8 heteroatoms. The maximum Gasteiger partial charge on any atom is 0.422 e. The molecule has 1 rings (SSSR count). The smallest absolute Gasteiger partial charge is 0.422 e. The second-order valence-electron chi connectivity index (χ2n) is 3.76. The molecule has 0 fully saturated rings. The summed E-state index contributed by atoms with van der Waals surface area (Å²) in [6, 6.07) is 2.93. The number of benzene rings is 1. The minimum Gasteiger partial charge on any atom is -0.483 e. The molecular weight excluding hydrogens is 276 g/mol. The maximum absolute atomic E-state index is 12.7. The van der Waals surface area contributed by atoms with E-state index in [4.69, 9.17) is 0 Å². The highest BCUT2D eigenvalue weighted by molar-refractivity contribution is 5.39. The van der Waals surface area contributed by atoms with Crippen molar-refractivity contribution in [2.45, 2.75) is 18.9 Å². The minimum absolute atomic E-state index is 0.169. The fourth-order valence-corrected chi connectivity index (χ4v) is 1.40. The number of hydrogen-bond acceptors (Lipinski definition) is 2. The average Bonchev–Trinajstić information content (AvgIpc) is 2.25. The van der Waals surface area contributed by atoms with Gasteiger partial charge in [0, 0.05) is 6.54 Å². The molecule has 1 N–H and O–H groups in total. The van der Waals surface area contributed by atoms with Crippen molar-refractivity contribution in [2.75, 3.05) is 13.7 Å². The first-order chi connectivity index (χ1) is 8.63. The molecule has 1 aromatic rings. The Kier molecular flexibility index (Phi) is 4.67. The van der Waals surface area contributed by atoms with Gasteiger partial charge in [0.15, 0.2) is 6.61 Å². The fourth-order valence-electron chi connectivity index (χ4n) is 1.40. The summed E-state index contributed by atoms with van der Waals surface area (Å²) in [6.07, 6.45) is -9.46. The van der Waals surface area contributed by atoms with Gasteiger partial charge in [-0.1, -0.05) is 6.07 Å². The summed E-state index contributed by atoms with van der Waals surface area (Å²) in [7, 11) is 1.54. The number of nitrogens with one attached hydrogen (secondary N) is 1. The lowest BCUT2D eigenvalue weighted by Crippen LogP contribution is -2.21. The lowest BCUT2D eigenvalue weighted by atomic mass is 10.1. The van der Waals surface area contributed by atoms with Gasteiger partial charge in [-0.3, -0.25) is 0 Å². The van der Waals surface area contributed by atoms with E-state index in [9.17, 15) is 26.3 Å². The SMILES string of the molecule is CNCc1ccc(OCC(F)(F)F)c(C(F)(F)F)c1. The fraction of sp³-hybridized carbons (Fsp3) is 0.455. The van der Waals surface area contributed by atoms with Crippen LogP contribution in [-0.4, -0.2) is 19.8 Å².